The van der Waals surface area contributed by atoms with Gasteiger partial charge in [-0.25, -0.2) is 4.98 Å². The molecule has 0 amide bonds. The highest BCUT2D eigenvalue weighted by Gasteiger charge is 2.23. The summed E-state index contributed by atoms with van der Waals surface area (Å²) in [6.45, 7) is 2.94. The predicted molar refractivity (Wildman–Crippen MR) is 96.2 cm³/mol. The summed E-state index contributed by atoms with van der Waals surface area (Å²) in [6, 6.07) is 12.0. The summed E-state index contributed by atoms with van der Waals surface area (Å²) in [5.74, 6) is 1.78. The molecule has 0 saturated heterocycles. The van der Waals surface area contributed by atoms with E-state index in [1.807, 2.05) is 43.5 Å². The third-order valence-corrected chi connectivity index (χ3v) is 5.74. The molecule has 1 unspecified atom stereocenters. The molecule has 3 heterocycles. The van der Waals surface area contributed by atoms with Gasteiger partial charge in [-0.3, -0.25) is 9.19 Å². The van der Waals surface area contributed by atoms with Crippen LogP contribution in [0.2, 0.25) is 0 Å². The largest absolute Gasteiger partial charge is 0.327 e. The van der Waals surface area contributed by atoms with Crippen molar-refractivity contribution in [2.45, 2.75) is 31.2 Å². The monoisotopic (exact) mass is 337 g/mol. The Bertz CT molecular complexity index is 885. The Morgan fingerprint density at radius 3 is 2.71 bits per heavy atom. The number of pyridine rings is 1. The van der Waals surface area contributed by atoms with Gasteiger partial charge in [-0.2, -0.15) is 0 Å². The molecule has 0 spiro atoms. The molecular formula is C19H19N3OS. The van der Waals surface area contributed by atoms with E-state index in [-0.39, 0.29) is 0 Å². The molecule has 122 valence electrons. The Morgan fingerprint density at radius 2 is 2.00 bits per heavy atom. The van der Waals surface area contributed by atoms with Crippen LogP contribution in [0.25, 0.3) is 22.5 Å². The first-order valence-electron chi connectivity index (χ1n) is 8.26. The van der Waals surface area contributed by atoms with Gasteiger partial charge in [0, 0.05) is 47.1 Å². The highest BCUT2D eigenvalue weighted by molar-refractivity contribution is 7.85. The number of aryl methyl sites for hydroxylation is 1. The number of rotatable bonds is 4. The van der Waals surface area contributed by atoms with E-state index in [1.54, 1.807) is 6.20 Å². The van der Waals surface area contributed by atoms with Crippen molar-refractivity contribution in [2.75, 3.05) is 5.75 Å². The molecular weight excluding hydrogens is 318 g/mol. The van der Waals surface area contributed by atoms with Crippen LogP contribution in [-0.2, 0) is 23.8 Å². The maximum atomic E-state index is 11.9. The van der Waals surface area contributed by atoms with Gasteiger partial charge < -0.3 is 4.57 Å². The van der Waals surface area contributed by atoms with E-state index in [9.17, 15) is 4.21 Å². The molecule has 5 heteroatoms. The van der Waals surface area contributed by atoms with Gasteiger partial charge in [-0.1, -0.05) is 19.1 Å². The molecule has 0 aliphatic carbocycles. The number of benzene rings is 1. The molecule has 0 bridgehead atoms. The fraction of sp³-hybridized carbons (Fsp3) is 0.263. The Morgan fingerprint density at radius 1 is 1.17 bits per heavy atom. The molecule has 4 rings (SSSR count). The summed E-state index contributed by atoms with van der Waals surface area (Å²) in [5, 5.41) is 0. The highest BCUT2D eigenvalue weighted by atomic mass is 32.2. The van der Waals surface area contributed by atoms with Gasteiger partial charge in [0.25, 0.3) is 0 Å². The van der Waals surface area contributed by atoms with Crippen molar-refractivity contribution >= 4 is 10.8 Å². The maximum absolute atomic E-state index is 11.9. The number of hydrogen-bond donors (Lipinski definition) is 0. The molecule has 0 N–H and O–H groups in total. The molecule has 1 aromatic carbocycles. The number of fused-ring (bicyclic) bond motifs is 1. The SMILES string of the molecule is CCS(=O)c1ccc(-c2nc3n(c2-c2cccnc2)CCC3)cc1. The first kappa shape index (κ1) is 15.3. The van der Waals surface area contributed by atoms with Crippen molar-refractivity contribution in [3.63, 3.8) is 0 Å². The van der Waals surface area contributed by atoms with E-state index in [4.69, 9.17) is 4.98 Å². The summed E-state index contributed by atoms with van der Waals surface area (Å²) in [5.41, 5.74) is 4.29. The van der Waals surface area contributed by atoms with Gasteiger partial charge in [-0.05, 0) is 30.7 Å². The lowest BCUT2D eigenvalue weighted by Gasteiger charge is -2.08. The fourth-order valence-corrected chi connectivity index (χ4v) is 4.03. The fourth-order valence-electron chi connectivity index (χ4n) is 3.25. The van der Waals surface area contributed by atoms with Gasteiger partial charge >= 0.3 is 0 Å². The zero-order chi connectivity index (χ0) is 16.5. The van der Waals surface area contributed by atoms with Crippen LogP contribution in [0.5, 0.6) is 0 Å². The minimum Gasteiger partial charge on any atom is -0.327 e. The second kappa shape index (κ2) is 6.32. The summed E-state index contributed by atoms with van der Waals surface area (Å²) >= 11 is 0. The van der Waals surface area contributed by atoms with Gasteiger partial charge in [0.05, 0.1) is 22.2 Å². The van der Waals surface area contributed by atoms with E-state index in [1.165, 1.54) is 0 Å². The van der Waals surface area contributed by atoms with Crippen LogP contribution in [0.4, 0.5) is 0 Å². The standard InChI is InChI=1S/C19H19N3OS/c1-2-24(23)16-9-7-14(8-10-16)18-19(15-5-3-11-20-13-15)22-12-4-6-17(22)21-18/h3,5,7-11,13H,2,4,6,12H2,1H3. The van der Waals surface area contributed by atoms with Gasteiger partial charge in [-0.15, -0.1) is 0 Å². The van der Waals surface area contributed by atoms with E-state index in [2.05, 4.69) is 15.6 Å². The van der Waals surface area contributed by atoms with Crippen LogP contribution in [0, 0.1) is 0 Å². The molecule has 1 atom stereocenters. The van der Waals surface area contributed by atoms with Crippen molar-refractivity contribution in [3.8, 4) is 22.5 Å². The van der Waals surface area contributed by atoms with Crippen molar-refractivity contribution in [1.29, 1.82) is 0 Å². The molecule has 24 heavy (non-hydrogen) atoms. The lowest BCUT2D eigenvalue weighted by molar-refractivity contribution is 0.684. The smallest absolute Gasteiger partial charge is 0.109 e. The minimum atomic E-state index is -0.922. The number of hydrogen-bond acceptors (Lipinski definition) is 3. The summed E-state index contributed by atoms with van der Waals surface area (Å²) in [4.78, 5) is 10.0. The summed E-state index contributed by atoms with van der Waals surface area (Å²) < 4.78 is 14.3. The van der Waals surface area contributed by atoms with Crippen molar-refractivity contribution in [2.24, 2.45) is 0 Å². The molecule has 4 nitrogen and oxygen atoms in total. The quantitative estimate of drug-likeness (QED) is 0.729. The van der Waals surface area contributed by atoms with E-state index < -0.39 is 10.8 Å². The molecule has 0 radical (unpaired) electrons. The third kappa shape index (κ3) is 2.59. The van der Waals surface area contributed by atoms with Crippen molar-refractivity contribution in [3.05, 3.63) is 54.6 Å². The van der Waals surface area contributed by atoms with Crippen molar-refractivity contribution < 1.29 is 4.21 Å². The Balaban J connectivity index is 1.83. The average molecular weight is 337 g/mol. The second-order valence-corrected chi connectivity index (χ2v) is 7.62. The Kier molecular flexibility index (Phi) is 4.02. The molecule has 1 aliphatic heterocycles. The first-order chi connectivity index (χ1) is 11.8. The maximum Gasteiger partial charge on any atom is 0.109 e. The van der Waals surface area contributed by atoms with Crippen LogP contribution < -0.4 is 0 Å². The molecule has 1 aliphatic rings. The molecule has 3 aromatic rings. The minimum absolute atomic E-state index is 0.638. The Labute approximate surface area is 144 Å². The van der Waals surface area contributed by atoms with E-state index >= 15 is 0 Å². The summed E-state index contributed by atoms with van der Waals surface area (Å²) in [6.07, 6.45) is 5.85. The van der Waals surface area contributed by atoms with E-state index in [0.29, 0.717) is 5.75 Å². The number of imidazole rings is 1. The normalized spacial score (nSPS) is 14.5. The van der Waals surface area contributed by atoms with Gasteiger partial charge in [0.1, 0.15) is 5.82 Å². The van der Waals surface area contributed by atoms with E-state index in [0.717, 1.165) is 52.6 Å². The van der Waals surface area contributed by atoms with Crippen LogP contribution in [-0.4, -0.2) is 24.5 Å². The van der Waals surface area contributed by atoms with Gasteiger partial charge in [0.2, 0.25) is 0 Å². The van der Waals surface area contributed by atoms with Crippen LogP contribution in [0.3, 0.4) is 0 Å². The number of aromatic nitrogens is 3. The molecule has 2 aromatic heterocycles. The van der Waals surface area contributed by atoms with Crippen molar-refractivity contribution in [1.82, 2.24) is 14.5 Å². The number of nitrogens with zero attached hydrogens (tertiary/aromatic N) is 3. The first-order valence-corrected chi connectivity index (χ1v) is 9.58. The zero-order valence-corrected chi connectivity index (χ0v) is 14.4. The summed E-state index contributed by atoms with van der Waals surface area (Å²) in [7, 11) is -0.922. The third-order valence-electron chi connectivity index (χ3n) is 4.42. The average Bonchev–Trinajstić information content (AvgIpc) is 3.23. The van der Waals surface area contributed by atoms with Gasteiger partial charge in [0.15, 0.2) is 0 Å². The van der Waals surface area contributed by atoms with Crippen LogP contribution >= 0.6 is 0 Å². The Hall–Kier alpha value is -2.27. The molecule has 0 saturated carbocycles. The lowest BCUT2D eigenvalue weighted by Crippen LogP contribution is -1.97. The second-order valence-electron chi connectivity index (χ2n) is 5.88. The predicted octanol–water partition coefficient (Wildman–Crippen LogP) is 3.69. The molecule has 0 fully saturated rings. The van der Waals surface area contributed by atoms with Crippen LogP contribution in [0.15, 0.2) is 53.7 Å². The topological polar surface area (TPSA) is 47.8 Å². The lowest BCUT2D eigenvalue weighted by atomic mass is 10.1. The zero-order valence-electron chi connectivity index (χ0n) is 13.6. The highest BCUT2D eigenvalue weighted by Crippen LogP contribution is 2.35. The van der Waals surface area contributed by atoms with Crippen LogP contribution in [0.1, 0.15) is 19.2 Å².